The highest BCUT2D eigenvalue weighted by atomic mass is 19.4. The number of nitrogens with zero attached hydrogens (tertiary/aromatic N) is 2. The summed E-state index contributed by atoms with van der Waals surface area (Å²) in [7, 11) is 1.01. The van der Waals surface area contributed by atoms with Crippen molar-refractivity contribution in [1.29, 1.82) is 0 Å². The van der Waals surface area contributed by atoms with Gasteiger partial charge in [0, 0.05) is 38.1 Å². The van der Waals surface area contributed by atoms with Gasteiger partial charge >= 0.3 is 24.2 Å². The number of hydrogen-bond acceptors (Lipinski definition) is 9. The molecule has 0 unspecified atom stereocenters. The van der Waals surface area contributed by atoms with Crippen LogP contribution < -0.4 is 4.74 Å². The van der Waals surface area contributed by atoms with Crippen molar-refractivity contribution in [2.24, 2.45) is 0 Å². The van der Waals surface area contributed by atoms with Gasteiger partial charge in [0.15, 0.2) is 6.61 Å². The van der Waals surface area contributed by atoms with Crippen molar-refractivity contribution >= 4 is 23.7 Å². The van der Waals surface area contributed by atoms with Crippen LogP contribution in [0.3, 0.4) is 0 Å². The molecule has 1 amide bonds. The van der Waals surface area contributed by atoms with E-state index in [1.54, 1.807) is 20.8 Å². The molecule has 0 aromatic heterocycles. The number of carbonyl (C=O) groups is 3. The summed E-state index contributed by atoms with van der Waals surface area (Å²) < 4.78 is 60.6. The predicted molar refractivity (Wildman–Crippen MR) is 112 cm³/mol. The molecule has 1 aliphatic heterocycles. The molecular weight excluding hydrogens is 481 g/mol. The molecule has 35 heavy (non-hydrogen) atoms. The number of carbonyl (C=O) groups excluding carboxylic acids is 3. The number of halogens is 3. The lowest BCUT2D eigenvalue weighted by atomic mass is 10.1. The third-order valence-electron chi connectivity index (χ3n) is 4.76. The molecule has 0 spiro atoms. The first-order valence-electron chi connectivity index (χ1n) is 10.4. The van der Waals surface area contributed by atoms with E-state index in [-0.39, 0.29) is 32.0 Å². The number of alkyl halides is 3. The highest BCUT2D eigenvalue weighted by Crippen LogP contribution is 2.41. The fourth-order valence-corrected chi connectivity index (χ4v) is 3.13. The number of ether oxygens (including phenoxy) is 4. The molecule has 0 bridgehead atoms. The number of nitro benzene ring substituents is 1. The molecule has 0 saturated carbocycles. The first-order chi connectivity index (χ1) is 16.1. The summed E-state index contributed by atoms with van der Waals surface area (Å²) >= 11 is 0. The van der Waals surface area contributed by atoms with E-state index in [0.29, 0.717) is 6.07 Å². The summed E-state index contributed by atoms with van der Waals surface area (Å²) in [6.07, 6.45) is -6.09. The fraction of sp³-hybridized carbons (Fsp3) is 0.571. The Morgan fingerprint density at radius 3 is 2.23 bits per heavy atom. The molecule has 1 fully saturated rings. The van der Waals surface area contributed by atoms with Gasteiger partial charge in [0.05, 0.1) is 12.0 Å². The number of amides is 1. The quantitative estimate of drug-likeness (QED) is 0.245. The molecule has 0 aliphatic carbocycles. The number of piperidine rings is 1. The smallest absolute Gasteiger partial charge is 0.420 e. The number of rotatable bonds is 6. The number of likely N-dealkylation sites (tertiary alicyclic amines) is 1. The molecule has 0 N–H and O–H groups in total. The molecule has 1 aromatic rings. The molecule has 11 nitrogen and oxygen atoms in total. The third-order valence-corrected chi connectivity index (χ3v) is 4.76. The summed E-state index contributed by atoms with van der Waals surface area (Å²) in [4.78, 5) is 47.2. The van der Waals surface area contributed by atoms with Crippen LogP contribution in [-0.2, 0) is 25.2 Å². The molecule has 14 heteroatoms. The zero-order valence-electron chi connectivity index (χ0n) is 19.5. The average Bonchev–Trinajstić information content (AvgIpc) is 2.75. The van der Waals surface area contributed by atoms with E-state index in [1.807, 2.05) is 0 Å². The second-order valence-electron chi connectivity index (χ2n) is 8.56. The summed E-state index contributed by atoms with van der Waals surface area (Å²) in [5, 5.41) is 11.3. The second kappa shape index (κ2) is 10.8. The maximum atomic E-state index is 13.7. The van der Waals surface area contributed by atoms with Crippen molar-refractivity contribution in [2.45, 2.75) is 51.5 Å². The standard InChI is InChI=1S/C21H25F3N2O9/c1-20(2,3)35-19(29)25-7-5-12(6-8-25)34-16-9-13(18(28)33-11-17(27)32-4)15(26(30)31)10-14(16)21(22,23)24/h9-10,12H,5-8,11H2,1-4H3. The van der Waals surface area contributed by atoms with Crippen LogP contribution in [-0.4, -0.2) is 66.4 Å². The monoisotopic (exact) mass is 506 g/mol. The van der Waals surface area contributed by atoms with Gasteiger partial charge in [-0.05, 0) is 20.8 Å². The van der Waals surface area contributed by atoms with Crippen molar-refractivity contribution in [2.75, 3.05) is 26.8 Å². The Morgan fingerprint density at radius 1 is 1.14 bits per heavy atom. The first-order valence-corrected chi connectivity index (χ1v) is 10.4. The SMILES string of the molecule is COC(=O)COC(=O)c1cc(OC2CCN(C(=O)OC(C)(C)C)CC2)c(C(F)(F)F)cc1[N+](=O)[O-]. The maximum Gasteiger partial charge on any atom is 0.420 e. The van der Waals surface area contributed by atoms with Crippen LogP contribution in [0.25, 0.3) is 0 Å². The molecule has 194 valence electrons. The minimum absolute atomic E-state index is 0.141. The lowest BCUT2D eigenvalue weighted by Gasteiger charge is -2.33. The lowest BCUT2D eigenvalue weighted by molar-refractivity contribution is -0.385. The number of esters is 2. The van der Waals surface area contributed by atoms with Crippen LogP contribution in [0.2, 0.25) is 0 Å². The van der Waals surface area contributed by atoms with Crippen LogP contribution in [0, 0.1) is 10.1 Å². The minimum Gasteiger partial charge on any atom is -0.490 e. The number of nitro groups is 1. The van der Waals surface area contributed by atoms with Crippen molar-refractivity contribution in [3.8, 4) is 5.75 Å². The second-order valence-corrected chi connectivity index (χ2v) is 8.56. The Labute approximate surface area is 198 Å². The van der Waals surface area contributed by atoms with Crippen molar-refractivity contribution in [3.05, 3.63) is 33.4 Å². The van der Waals surface area contributed by atoms with Crippen LogP contribution in [0.1, 0.15) is 49.5 Å². The Morgan fingerprint density at radius 2 is 1.74 bits per heavy atom. The summed E-state index contributed by atoms with van der Waals surface area (Å²) in [5.74, 6) is -3.19. The predicted octanol–water partition coefficient (Wildman–Crippen LogP) is 3.72. The van der Waals surface area contributed by atoms with Gasteiger partial charge in [-0.2, -0.15) is 13.2 Å². The number of benzene rings is 1. The zero-order chi connectivity index (χ0) is 26.6. The van der Waals surface area contributed by atoms with Crippen LogP contribution in [0.5, 0.6) is 5.75 Å². The van der Waals surface area contributed by atoms with E-state index in [2.05, 4.69) is 9.47 Å². The molecule has 0 radical (unpaired) electrons. The van der Waals surface area contributed by atoms with E-state index >= 15 is 0 Å². The van der Waals surface area contributed by atoms with Gasteiger partial charge in [0.1, 0.15) is 28.6 Å². The minimum atomic E-state index is -5.04. The molecule has 2 rings (SSSR count). The molecule has 1 aromatic carbocycles. The van der Waals surface area contributed by atoms with Gasteiger partial charge in [-0.25, -0.2) is 14.4 Å². The third kappa shape index (κ3) is 7.72. The first kappa shape index (κ1) is 27.7. The van der Waals surface area contributed by atoms with Crippen LogP contribution in [0.4, 0.5) is 23.7 Å². The molecular formula is C21H25F3N2O9. The van der Waals surface area contributed by atoms with E-state index in [4.69, 9.17) is 9.47 Å². The lowest BCUT2D eigenvalue weighted by Crippen LogP contribution is -2.44. The topological polar surface area (TPSA) is 135 Å². The van der Waals surface area contributed by atoms with Gasteiger partial charge < -0.3 is 23.8 Å². The van der Waals surface area contributed by atoms with Gasteiger partial charge in [0.25, 0.3) is 5.69 Å². The van der Waals surface area contributed by atoms with Crippen molar-refractivity contribution < 1.29 is 51.4 Å². The number of hydrogen-bond donors (Lipinski definition) is 0. The summed E-state index contributed by atoms with van der Waals surface area (Å²) in [5.41, 5.74) is -4.17. The Balaban J connectivity index is 2.28. The van der Waals surface area contributed by atoms with E-state index in [1.165, 1.54) is 4.90 Å². The largest absolute Gasteiger partial charge is 0.490 e. The van der Waals surface area contributed by atoms with Crippen molar-refractivity contribution in [3.63, 3.8) is 0 Å². The zero-order valence-corrected chi connectivity index (χ0v) is 19.5. The Bertz CT molecular complexity index is 981. The van der Waals surface area contributed by atoms with E-state index < -0.39 is 70.0 Å². The normalized spacial score (nSPS) is 14.8. The molecule has 1 heterocycles. The molecule has 1 saturated heterocycles. The summed E-state index contributed by atoms with van der Waals surface area (Å²) in [6, 6.07) is 0.751. The van der Waals surface area contributed by atoms with Gasteiger partial charge in [-0.3, -0.25) is 10.1 Å². The number of methoxy groups -OCH3 is 1. The molecule has 1 aliphatic rings. The highest BCUT2D eigenvalue weighted by molar-refractivity contribution is 5.95. The van der Waals surface area contributed by atoms with Crippen LogP contribution >= 0.6 is 0 Å². The summed E-state index contributed by atoms with van der Waals surface area (Å²) in [6.45, 7) is 4.47. The Kier molecular flexibility index (Phi) is 8.52. The van der Waals surface area contributed by atoms with Gasteiger partial charge in [-0.15, -0.1) is 0 Å². The van der Waals surface area contributed by atoms with Crippen molar-refractivity contribution in [1.82, 2.24) is 4.90 Å². The van der Waals surface area contributed by atoms with E-state index in [9.17, 15) is 37.7 Å². The van der Waals surface area contributed by atoms with Gasteiger partial charge in [-0.1, -0.05) is 0 Å². The average molecular weight is 506 g/mol. The van der Waals surface area contributed by atoms with Gasteiger partial charge in [0.2, 0.25) is 0 Å². The molecule has 0 atom stereocenters. The highest BCUT2D eigenvalue weighted by Gasteiger charge is 2.40. The fourth-order valence-electron chi connectivity index (χ4n) is 3.13. The van der Waals surface area contributed by atoms with E-state index in [0.717, 1.165) is 7.11 Å². The Hall–Kier alpha value is -3.58. The van der Waals surface area contributed by atoms with Crippen LogP contribution in [0.15, 0.2) is 12.1 Å². The maximum absolute atomic E-state index is 13.7.